The van der Waals surface area contributed by atoms with Crippen LogP contribution < -0.4 is 0 Å². The van der Waals surface area contributed by atoms with Crippen LogP contribution in [0.2, 0.25) is 33.2 Å². The van der Waals surface area contributed by atoms with Gasteiger partial charge in [-0.2, -0.15) is 0 Å². The van der Waals surface area contributed by atoms with E-state index < -0.39 is 16.1 Å². The van der Waals surface area contributed by atoms with Gasteiger partial charge in [0.05, 0.1) is 0 Å². The molecular formula is C32H44Br2Si2. The molecule has 0 aliphatic carbocycles. The van der Waals surface area contributed by atoms with E-state index in [2.05, 4.69) is 172 Å². The van der Waals surface area contributed by atoms with Crippen LogP contribution in [0.5, 0.6) is 0 Å². The molecule has 0 aromatic heterocycles. The maximum absolute atomic E-state index is 3.85. The molecule has 4 heteroatoms. The third-order valence-corrected chi connectivity index (χ3v) is 21.1. The topological polar surface area (TPSA) is 0 Å². The van der Waals surface area contributed by atoms with E-state index in [1.165, 1.54) is 0 Å². The highest BCUT2D eigenvalue weighted by molar-refractivity contribution is 9.12. The molecule has 0 bridgehead atoms. The number of benzene rings is 1. The van der Waals surface area contributed by atoms with Crippen LogP contribution in [0, 0.1) is 44.4 Å². The molecule has 1 rings (SSSR count). The highest BCUT2D eigenvalue weighted by Gasteiger charge is 2.42. The maximum atomic E-state index is 3.85. The molecule has 0 saturated heterocycles. The fourth-order valence-electron chi connectivity index (χ4n) is 6.33. The number of hydrogen-bond donors (Lipinski definition) is 0. The Balaban J connectivity index is 3.96. The summed E-state index contributed by atoms with van der Waals surface area (Å²) in [5.74, 6) is 13.7. The molecule has 194 valence electrons. The zero-order valence-electron chi connectivity index (χ0n) is 24.4. The first kappa shape index (κ1) is 32.9. The predicted molar refractivity (Wildman–Crippen MR) is 174 cm³/mol. The smallest absolute Gasteiger partial charge is 0.125 e. The fraction of sp³-hybridized carbons (Fsp3) is 0.562. The Morgan fingerprint density at radius 2 is 0.667 bits per heavy atom. The van der Waals surface area contributed by atoms with Crippen LogP contribution in [0.3, 0.4) is 0 Å². The Morgan fingerprint density at radius 3 is 0.861 bits per heavy atom. The Bertz CT molecular complexity index is 1020. The van der Waals surface area contributed by atoms with Gasteiger partial charge < -0.3 is 0 Å². The van der Waals surface area contributed by atoms with E-state index in [0.717, 1.165) is 22.3 Å². The minimum absolute atomic E-state index is 0.573. The van der Waals surface area contributed by atoms with Gasteiger partial charge in [0.1, 0.15) is 16.1 Å². The van der Waals surface area contributed by atoms with Gasteiger partial charge in [0.2, 0.25) is 0 Å². The van der Waals surface area contributed by atoms with E-state index in [0.29, 0.717) is 33.2 Å². The van der Waals surface area contributed by atoms with Gasteiger partial charge in [-0.3, -0.25) is 0 Å². The SMILES string of the molecule is CC(C)[Si](C#Cc1cc(C#CBr)c(C#C[Si](C(C)C)(C(C)C)C(C)C)cc1C#CBr)(C(C)C)C(C)C. The van der Waals surface area contributed by atoms with E-state index in [1.54, 1.807) is 0 Å². The Kier molecular flexibility index (Phi) is 12.9. The number of rotatable bonds is 6. The first-order valence-electron chi connectivity index (χ1n) is 13.2. The first-order valence-corrected chi connectivity index (χ1v) is 19.2. The summed E-state index contributed by atoms with van der Waals surface area (Å²) in [5, 5.41) is 0. The highest BCUT2D eigenvalue weighted by atomic mass is 79.9. The zero-order valence-corrected chi connectivity index (χ0v) is 29.5. The van der Waals surface area contributed by atoms with Crippen molar-refractivity contribution in [1.29, 1.82) is 0 Å². The summed E-state index contributed by atoms with van der Waals surface area (Å²) in [5.41, 5.74) is 14.8. The van der Waals surface area contributed by atoms with E-state index in [-0.39, 0.29) is 0 Å². The third kappa shape index (κ3) is 7.03. The van der Waals surface area contributed by atoms with E-state index in [9.17, 15) is 0 Å². The average Bonchev–Trinajstić information content (AvgIpc) is 2.75. The molecule has 1 aromatic carbocycles. The average molecular weight is 645 g/mol. The second kappa shape index (κ2) is 14.1. The predicted octanol–water partition coefficient (Wildman–Crippen LogP) is 10.2. The molecule has 1 aromatic rings. The van der Waals surface area contributed by atoms with Crippen LogP contribution in [0.1, 0.15) is 105 Å². The van der Waals surface area contributed by atoms with Gasteiger partial charge in [-0.1, -0.05) is 107 Å². The molecule has 0 heterocycles. The largest absolute Gasteiger partial charge is 0.146 e. The van der Waals surface area contributed by atoms with Gasteiger partial charge in [0.15, 0.2) is 0 Å². The van der Waals surface area contributed by atoms with Crippen molar-refractivity contribution in [2.75, 3.05) is 0 Å². The lowest BCUT2D eigenvalue weighted by molar-refractivity contribution is 0.838. The van der Waals surface area contributed by atoms with Gasteiger partial charge in [-0.25, -0.2) is 0 Å². The second-order valence-electron chi connectivity index (χ2n) is 11.7. The fourth-order valence-corrected chi connectivity index (χ4v) is 17.2. The normalized spacial score (nSPS) is 11.7. The third-order valence-electron chi connectivity index (χ3n) is 8.08. The highest BCUT2D eigenvalue weighted by Crippen LogP contribution is 2.42. The molecule has 0 amide bonds. The Labute approximate surface area is 241 Å². The van der Waals surface area contributed by atoms with E-state index >= 15 is 0 Å². The van der Waals surface area contributed by atoms with Crippen molar-refractivity contribution in [3.8, 4) is 44.4 Å². The summed E-state index contributed by atoms with van der Waals surface area (Å²) < 4.78 is 0. The summed E-state index contributed by atoms with van der Waals surface area (Å²) in [7, 11) is -3.74. The minimum atomic E-state index is -1.87. The summed E-state index contributed by atoms with van der Waals surface area (Å²) in [6, 6.07) is 4.20. The molecule has 0 aliphatic rings. The molecule has 0 N–H and O–H groups in total. The van der Waals surface area contributed by atoms with Gasteiger partial charge in [0.25, 0.3) is 0 Å². The standard InChI is InChI=1S/C32H44Br2Si2/c1-23(2)35(24(3)4,25(5)6)19-15-31-21-30(14-18-34)32(22-29(31)13-17-33)16-20-36(26(7)8,27(9)10)28(11)12/h21-28H,1-12H3. The van der Waals surface area contributed by atoms with Crippen molar-refractivity contribution in [3.05, 3.63) is 34.4 Å². The molecule has 0 saturated carbocycles. The van der Waals surface area contributed by atoms with E-state index in [1.807, 2.05) is 0 Å². The molecular weight excluding hydrogens is 600 g/mol. The summed E-state index contributed by atoms with van der Waals surface area (Å²) in [6.07, 6.45) is 0. The molecule has 0 aliphatic heterocycles. The molecule has 0 fully saturated rings. The molecule has 0 unspecified atom stereocenters. The lowest BCUT2D eigenvalue weighted by Crippen LogP contribution is -2.43. The van der Waals surface area contributed by atoms with Crippen molar-refractivity contribution < 1.29 is 0 Å². The van der Waals surface area contributed by atoms with Gasteiger partial charge >= 0.3 is 0 Å². The number of halogens is 2. The van der Waals surface area contributed by atoms with Gasteiger partial charge in [-0.15, -0.1) is 11.1 Å². The second-order valence-corrected chi connectivity index (χ2v) is 23.6. The molecule has 0 spiro atoms. The lowest BCUT2D eigenvalue weighted by atomic mass is 9.99. The molecule has 0 atom stereocenters. The van der Waals surface area contributed by atoms with Crippen LogP contribution in [-0.2, 0) is 0 Å². The van der Waals surface area contributed by atoms with Crippen LogP contribution in [0.25, 0.3) is 0 Å². The monoisotopic (exact) mass is 642 g/mol. The van der Waals surface area contributed by atoms with Gasteiger partial charge in [0, 0.05) is 54.1 Å². The maximum Gasteiger partial charge on any atom is 0.146 e. The van der Waals surface area contributed by atoms with Crippen molar-refractivity contribution in [3.63, 3.8) is 0 Å². The Morgan fingerprint density at radius 1 is 0.444 bits per heavy atom. The lowest BCUT2D eigenvalue weighted by Gasteiger charge is -2.38. The molecule has 0 nitrogen and oxygen atoms in total. The van der Waals surface area contributed by atoms with Crippen molar-refractivity contribution in [2.24, 2.45) is 0 Å². The van der Waals surface area contributed by atoms with Crippen LogP contribution in [-0.4, -0.2) is 16.1 Å². The summed E-state index contributed by atoms with van der Waals surface area (Å²) >= 11 is 6.63. The zero-order chi connectivity index (χ0) is 27.8. The summed E-state index contributed by atoms with van der Waals surface area (Å²) in [6.45, 7) is 28.1. The number of hydrogen-bond acceptors (Lipinski definition) is 0. The van der Waals surface area contributed by atoms with Crippen molar-refractivity contribution in [2.45, 2.75) is 116 Å². The van der Waals surface area contributed by atoms with Crippen molar-refractivity contribution in [1.82, 2.24) is 0 Å². The first-order chi connectivity index (χ1) is 16.7. The summed E-state index contributed by atoms with van der Waals surface area (Å²) in [4.78, 5) is 5.83. The van der Waals surface area contributed by atoms with Crippen molar-refractivity contribution >= 4 is 48.0 Å². The Hall–Kier alpha value is -1.15. The minimum Gasteiger partial charge on any atom is -0.125 e. The van der Waals surface area contributed by atoms with E-state index in [4.69, 9.17) is 0 Å². The van der Waals surface area contributed by atoms with Gasteiger partial charge in [-0.05, 0) is 55.0 Å². The quantitative estimate of drug-likeness (QED) is 0.214. The van der Waals surface area contributed by atoms with Crippen LogP contribution in [0.15, 0.2) is 12.1 Å². The molecule has 0 radical (unpaired) electrons. The van der Waals surface area contributed by atoms with Crippen LogP contribution in [0.4, 0.5) is 0 Å². The molecule has 36 heavy (non-hydrogen) atoms. The van der Waals surface area contributed by atoms with Crippen LogP contribution >= 0.6 is 31.9 Å².